The summed E-state index contributed by atoms with van der Waals surface area (Å²) < 4.78 is 1.42. The highest BCUT2D eigenvalue weighted by molar-refractivity contribution is 14.1. The minimum Gasteiger partial charge on any atom is -0.396 e. The van der Waals surface area contributed by atoms with Crippen molar-refractivity contribution in [2.75, 3.05) is 51.0 Å². The topological polar surface area (TPSA) is 180 Å². The lowest BCUT2D eigenvalue weighted by Crippen LogP contribution is -2.45. The first-order valence-corrected chi connectivity index (χ1v) is 16.1. The first-order chi connectivity index (χ1) is 18.6. The summed E-state index contributed by atoms with van der Waals surface area (Å²) in [6.45, 7) is 0.361. The minimum atomic E-state index is -1.16. The molecule has 1 fully saturated rings. The predicted octanol–water partition coefficient (Wildman–Crippen LogP) is 1.21. The van der Waals surface area contributed by atoms with E-state index in [9.17, 15) is 39.9 Å². The van der Waals surface area contributed by atoms with Crippen molar-refractivity contribution < 1.29 is 39.9 Å². The smallest absolute Gasteiger partial charge is 0.255 e. The zero-order valence-corrected chi connectivity index (χ0v) is 27.9. The number of nitrogens with one attached hydrogen (secondary N) is 2. The molecule has 7 N–H and O–H groups in total. The Balaban J connectivity index is 2.39. The maximum atomic E-state index is 13.4. The van der Waals surface area contributed by atoms with Gasteiger partial charge in [0.25, 0.3) is 17.7 Å². The molecule has 0 saturated carbocycles. The number of hydrogen-bond acceptors (Lipinski definition) is 8. The van der Waals surface area contributed by atoms with E-state index in [0.717, 1.165) is 0 Å². The predicted molar refractivity (Wildman–Crippen MR) is 171 cm³/mol. The number of anilines is 1. The van der Waals surface area contributed by atoms with Crippen molar-refractivity contribution in [3.05, 3.63) is 21.8 Å². The number of amides is 3. The van der Waals surface area contributed by atoms with Gasteiger partial charge in [0.2, 0.25) is 0 Å². The van der Waals surface area contributed by atoms with E-state index in [1.807, 2.05) is 67.8 Å². The van der Waals surface area contributed by atoms with Crippen LogP contribution in [0.3, 0.4) is 0 Å². The van der Waals surface area contributed by atoms with E-state index < -0.39 is 23.8 Å². The maximum absolute atomic E-state index is 13.4. The third kappa shape index (κ3) is 9.31. The molecule has 1 saturated heterocycles. The molecule has 0 spiro atoms. The molecule has 1 aromatic carbocycles. The SMILES string of the molecule is O=C(NCCCC(CO)CO)c1c(I)c(C(=O)NCCCC(CO)CO)c(I)c(N2CCCC(O)C2=O)c1I. The van der Waals surface area contributed by atoms with Crippen LogP contribution in [0, 0.1) is 22.5 Å². The molecule has 1 atom stereocenters. The molecule has 1 unspecified atom stereocenters. The van der Waals surface area contributed by atoms with Gasteiger partial charge in [0.15, 0.2) is 0 Å². The molecule has 1 heterocycles. The summed E-state index contributed by atoms with van der Waals surface area (Å²) in [6.07, 6.45) is 1.89. The van der Waals surface area contributed by atoms with Gasteiger partial charge in [0, 0.05) is 61.5 Å². The molecule has 11 nitrogen and oxygen atoms in total. The van der Waals surface area contributed by atoms with Crippen LogP contribution in [-0.2, 0) is 4.79 Å². The normalized spacial score (nSPS) is 15.8. The standard InChI is InChI=1S/C25H36I3N3O8/c26-19-17(23(37)29-7-1-4-14(10-32)11-33)20(27)22(31-9-3-6-16(36)25(31)39)21(28)18(19)24(38)30-8-2-5-15(12-34)13-35/h14-16,32-36H,1-13H2,(H,29,37)(H,30,38). The third-order valence-corrected chi connectivity index (χ3v) is 9.79. The summed E-state index contributed by atoms with van der Waals surface area (Å²) in [4.78, 5) is 41.1. The molecule has 0 radical (unpaired) electrons. The largest absolute Gasteiger partial charge is 0.396 e. The van der Waals surface area contributed by atoms with E-state index in [0.29, 0.717) is 74.6 Å². The van der Waals surface area contributed by atoms with Crippen LogP contribution in [0.4, 0.5) is 5.69 Å². The van der Waals surface area contributed by atoms with E-state index in [1.54, 1.807) is 0 Å². The van der Waals surface area contributed by atoms with Gasteiger partial charge >= 0.3 is 0 Å². The van der Waals surface area contributed by atoms with E-state index in [-0.39, 0.29) is 49.4 Å². The first-order valence-electron chi connectivity index (χ1n) is 12.8. The number of halogens is 3. The molecule has 1 aliphatic heterocycles. The van der Waals surface area contributed by atoms with Crippen LogP contribution in [0.15, 0.2) is 0 Å². The fourth-order valence-corrected chi connectivity index (χ4v) is 8.94. The quantitative estimate of drug-likeness (QED) is 0.102. The zero-order chi connectivity index (χ0) is 29.1. The Morgan fingerprint density at radius 3 is 1.67 bits per heavy atom. The van der Waals surface area contributed by atoms with Crippen molar-refractivity contribution in [1.29, 1.82) is 0 Å². The average Bonchev–Trinajstić information content (AvgIpc) is 2.91. The Hall–Kier alpha value is -0.380. The van der Waals surface area contributed by atoms with Crippen molar-refractivity contribution >= 4 is 91.2 Å². The summed E-state index contributed by atoms with van der Waals surface area (Å²) in [6, 6.07) is 0. The molecule has 39 heavy (non-hydrogen) atoms. The molecule has 1 aromatic rings. The number of hydrogen-bond donors (Lipinski definition) is 7. The molecule has 220 valence electrons. The Bertz CT molecular complexity index is 946. The van der Waals surface area contributed by atoms with Crippen LogP contribution >= 0.6 is 67.8 Å². The lowest BCUT2D eigenvalue weighted by atomic mass is 10.0. The van der Waals surface area contributed by atoms with Gasteiger partial charge in [-0.15, -0.1) is 0 Å². The van der Waals surface area contributed by atoms with Crippen LogP contribution in [0.25, 0.3) is 0 Å². The molecule has 1 aliphatic rings. The highest BCUT2D eigenvalue weighted by Crippen LogP contribution is 2.39. The number of carbonyl (C=O) groups is 3. The van der Waals surface area contributed by atoms with Gasteiger partial charge in [-0.3, -0.25) is 14.4 Å². The molecule has 0 aromatic heterocycles. The summed E-state index contributed by atoms with van der Waals surface area (Å²) in [5, 5.41) is 53.0. The van der Waals surface area contributed by atoms with Gasteiger partial charge in [-0.1, -0.05) is 0 Å². The lowest BCUT2D eigenvalue weighted by molar-refractivity contribution is -0.128. The van der Waals surface area contributed by atoms with Crippen LogP contribution in [-0.4, -0.2) is 95.4 Å². The van der Waals surface area contributed by atoms with E-state index in [4.69, 9.17) is 0 Å². The summed E-state index contributed by atoms with van der Waals surface area (Å²) in [5.74, 6) is -1.83. The van der Waals surface area contributed by atoms with E-state index >= 15 is 0 Å². The second-order valence-electron chi connectivity index (χ2n) is 9.45. The highest BCUT2D eigenvalue weighted by atomic mass is 127. The zero-order valence-electron chi connectivity index (χ0n) is 21.5. The van der Waals surface area contributed by atoms with Gasteiger partial charge in [-0.05, 0) is 106 Å². The summed E-state index contributed by atoms with van der Waals surface area (Å²) in [7, 11) is 0. The Labute approximate surface area is 268 Å². The number of rotatable bonds is 15. The number of benzene rings is 1. The van der Waals surface area contributed by atoms with Gasteiger partial charge in [-0.25, -0.2) is 0 Å². The lowest BCUT2D eigenvalue weighted by Gasteiger charge is -2.33. The minimum absolute atomic E-state index is 0.143. The van der Waals surface area contributed by atoms with Crippen molar-refractivity contribution in [3.8, 4) is 0 Å². The van der Waals surface area contributed by atoms with Crippen molar-refractivity contribution in [3.63, 3.8) is 0 Å². The second kappa shape index (κ2) is 17.5. The van der Waals surface area contributed by atoms with Gasteiger partial charge in [0.05, 0.1) is 24.0 Å². The van der Waals surface area contributed by atoms with Gasteiger partial charge < -0.3 is 41.1 Å². The maximum Gasteiger partial charge on any atom is 0.255 e. The Morgan fingerprint density at radius 1 is 0.821 bits per heavy atom. The van der Waals surface area contributed by atoms with Crippen molar-refractivity contribution in [1.82, 2.24) is 10.6 Å². The summed E-state index contributed by atoms with van der Waals surface area (Å²) in [5.41, 5.74) is 0.925. The molecule has 2 rings (SSSR count). The Morgan fingerprint density at radius 2 is 1.26 bits per heavy atom. The molecular weight excluding hydrogens is 851 g/mol. The number of carbonyl (C=O) groups excluding carboxylic acids is 3. The van der Waals surface area contributed by atoms with Crippen LogP contribution in [0.2, 0.25) is 0 Å². The van der Waals surface area contributed by atoms with E-state index in [2.05, 4.69) is 10.6 Å². The highest BCUT2D eigenvalue weighted by Gasteiger charge is 2.35. The molecule has 0 bridgehead atoms. The number of aliphatic hydroxyl groups excluding tert-OH is 5. The monoisotopic (exact) mass is 887 g/mol. The van der Waals surface area contributed by atoms with Crippen LogP contribution in [0.5, 0.6) is 0 Å². The number of piperidine rings is 1. The van der Waals surface area contributed by atoms with Gasteiger partial charge in [0.1, 0.15) is 6.10 Å². The third-order valence-electron chi connectivity index (χ3n) is 6.61. The number of aliphatic hydroxyl groups is 5. The second-order valence-corrected chi connectivity index (χ2v) is 12.7. The van der Waals surface area contributed by atoms with Crippen LogP contribution < -0.4 is 15.5 Å². The van der Waals surface area contributed by atoms with Crippen LogP contribution in [0.1, 0.15) is 59.2 Å². The Kier molecular flexibility index (Phi) is 15.7. The van der Waals surface area contributed by atoms with Gasteiger partial charge in [-0.2, -0.15) is 0 Å². The summed E-state index contributed by atoms with van der Waals surface area (Å²) >= 11 is 5.99. The fraction of sp³-hybridized carbons (Fsp3) is 0.640. The fourth-order valence-electron chi connectivity index (χ4n) is 4.21. The molecule has 14 heteroatoms. The molecular formula is C25H36I3N3O8. The van der Waals surface area contributed by atoms with Crippen molar-refractivity contribution in [2.24, 2.45) is 11.8 Å². The first kappa shape index (κ1) is 34.8. The average molecular weight is 887 g/mol. The molecule has 3 amide bonds. The van der Waals surface area contributed by atoms with Crippen molar-refractivity contribution in [2.45, 2.75) is 44.6 Å². The number of nitrogens with zero attached hydrogens (tertiary/aromatic N) is 1. The molecule has 0 aliphatic carbocycles. The van der Waals surface area contributed by atoms with E-state index in [1.165, 1.54) is 4.90 Å².